The number of nitrogens with one attached hydrogen (secondary N) is 2. The average molecular weight is 304 g/mol. The molecule has 0 saturated carbocycles. The lowest BCUT2D eigenvalue weighted by Gasteiger charge is -2.08. The van der Waals surface area contributed by atoms with Crippen molar-refractivity contribution in [3.8, 4) is 0 Å². The van der Waals surface area contributed by atoms with Gasteiger partial charge in [-0.1, -0.05) is 12.1 Å². The molecule has 1 aromatic carbocycles. The van der Waals surface area contributed by atoms with Crippen molar-refractivity contribution < 1.29 is 14.0 Å². The van der Waals surface area contributed by atoms with Crippen LogP contribution in [0.1, 0.15) is 27.3 Å². The zero-order valence-electron chi connectivity index (χ0n) is 12.6. The van der Waals surface area contributed by atoms with Crippen molar-refractivity contribution in [1.82, 2.24) is 20.6 Å². The number of hydrogen-bond donors (Lipinski definition) is 2. The van der Waals surface area contributed by atoms with Gasteiger partial charge in [-0.3, -0.25) is 25.1 Å². The summed E-state index contributed by atoms with van der Waals surface area (Å²) in [6.07, 6.45) is 0.0864. The zero-order chi connectivity index (χ0) is 16.3. The molecule has 1 aromatic heterocycles. The average Bonchev–Trinajstić information content (AvgIpc) is 2.72. The van der Waals surface area contributed by atoms with Crippen molar-refractivity contribution >= 4 is 11.8 Å². The summed E-state index contributed by atoms with van der Waals surface area (Å²) in [6.45, 7) is 3.67. The summed E-state index contributed by atoms with van der Waals surface area (Å²) >= 11 is 0. The molecule has 0 saturated heterocycles. The molecule has 0 radical (unpaired) electrons. The number of halogens is 1. The van der Waals surface area contributed by atoms with E-state index >= 15 is 0 Å². The topological polar surface area (TPSA) is 76.0 Å². The van der Waals surface area contributed by atoms with E-state index in [1.165, 1.54) is 18.2 Å². The van der Waals surface area contributed by atoms with E-state index in [1.54, 1.807) is 17.8 Å². The van der Waals surface area contributed by atoms with E-state index in [-0.39, 0.29) is 12.0 Å². The van der Waals surface area contributed by atoms with Crippen LogP contribution < -0.4 is 10.9 Å². The van der Waals surface area contributed by atoms with Crippen LogP contribution in [-0.4, -0.2) is 21.6 Å². The molecule has 0 fully saturated rings. The second kappa shape index (κ2) is 6.38. The summed E-state index contributed by atoms with van der Waals surface area (Å²) in [5.41, 5.74) is 6.80. The second-order valence-corrected chi connectivity index (χ2v) is 4.93. The number of nitrogens with zero attached hydrogens (tertiary/aromatic N) is 2. The normalized spacial score (nSPS) is 10.4. The molecule has 0 bridgehead atoms. The predicted molar refractivity (Wildman–Crippen MR) is 78.4 cm³/mol. The lowest BCUT2D eigenvalue weighted by Crippen LogP contribution is -2.42. The highest BCUT2D eigenvalue weighted by atomic mass is 19.1. The first-order valence-corrected chi connectivity index (χ1v) is 6.73. The van der Waals surface area contributed by atoms with Gasteiger partial charge in [0.2, 0.25) is 5.91 Å². The lowest BCUT2D eigenvalue weighted by molar-refractivity contribution is -0.121. The summed E-state index contributed by atoms with van der Waals surface area (Å²) in [5, 5.41) is 4.22. The summed E-state index contributed by atoms with van der Waals surface area (Å²) in [6, 6.07) is 5.55. The second-order valence-electron chi connectivity index (χ2n) is 4.93. The maximum Gasteiger partial charge on any atom is 0.272 e. The summed E-state index contributed by atoms with van der Waals surface area (Å²) in [5.74, 6) is -1.75. The third-order valence-corrected chi connectivity index (χ3v) is 3.43. The van der Waals surface area contributed by atoms with E-state index < -0.39 is 17.6 Å². The van der Waals surface area contributed by atoms with Crippen molar-refractivity contribution in [3.05, 3.63) is 52.6 Å². The highest BCUT2D eigenvalue weighted by molar-refractivity contribution is 5.95. The highest BCUT2D eigenvalue weighted by Gasteiger charge is 2.15. The Bertz CT molecular complexity index is 724. The van der Waals surface area contributed by atoms with Gasteiger partial charge in [-0.25, -0.2) is 4.39 Å². The van der Waals surface area contributed by atoms with Crippen LogP contribution in [0.2, 0.25) is 0 Å². The number of carbonyl (C=O) groups is 2. The van der Waals surface area contributed by atoms with Crippen molar-refractivity contribution in [3.63, 3.8) is 0 Å². The fourth-order valence-corrected chi connectivity index (χ4v) is 2.12. The first-order chi connectivity index (χ1) is 10.4. The lowest BCUT2D eigenvalue weighted by atomic mass is 10.1. The van der Waals surface area contributed by atoms with Crippen LogP contribution in [0, 0.1) is 19.7 Å². The minimum absolute atomic E-state index is 0.0864. The van der Waals surface area contributed by atoms with Crippen LogP contribution >= 0.6 is 0 Å². The van der Waals surface area contributed by atoms with Gasteiger partial charge in [-0.05, 0) is 26.0 Å². The molecule has 116 valence electrons. The van der Waals surface area contributed by atoms with Crippen molar-refractivity contribution in [2.45, 2.75) is 20.3 Å². The van der Waals surface area contributed by atoms with Gasteiger partial charge in [-0.15, -0.1) is 0 Å². The Balaban J connectivity index is 1.96. The molecule has 2 aromatic rings. The molecule has 2 N–H and O–H groups in total. The monoisotopic (exact) mass is 304 g/mol. The number of aryl methyl sites for hydroxylation is 2. The third-order valence-electron chi connectivity index (χ3n) is 3.43. The molecule has 2 rings (SSSR count). The van der Waals surface area contributed by atoms with Crippen LogP contribution in [0.25, 0.3) is 0 Å². The molecule has 0 aliphatic carbocycles. The summed E-state index contributed by atoms with van der Waals surface area (Å²) < 4.78 is 15.1. The van der Waals surface area contributed by atoms with Gasteiger partial charge < -0.3 is 0 Å². The van der Waals surface area contributed by atoms with Crippen LogP contribution in [0.3, 0.4) is 0 Å². The Morgan fingerprint density at radius 1 is 1.23 bits per heavy atom. The molecular formula is C15H17FN4O2. The molecule has 0 atom stereocenters. The number of rotatable bonds is 3. The Morgan fingerprint density at radius 3 is 2.50 bits per heavy atom. The third kappa shape index (κ3) is 3.30. The van der Waals surface area contributed by atoms with E-state index in [4.69, 9.17) is 0 Å². The minimum atomic E-state index is -0.703. The maximum atomic E-state index is 13.4. The quantitative estimate of drug-likeness (QED) is 0.836. The SMILES string of the molecule is Cc1nn(C)c(C)c1CC(=O)NNC(=O)c1ccccc1F. The van der Waals surface area contributed by atoms with Crippen molar-refractivity contribution in [2.24, 2.45) is 7.05 Å². The first-order valence-electron chi connectivity index (χ1n) is 6.73. The molecule has 1 heterocycles. The van der Waals surface area contributed by atoms with Gasteiger partial charge in [-0.2, -0.15) is 5.10 Å². The van der Waals surface area contributed by atoms with Gasteiger partial charge >= 0.3 is 0 Å². The van der Waals surface area contributed by atoms with E-state index in [0.29, 0.717) is 0 Å². The Hall–Kier alpha value is -2.70. The number of hydrogen-bond acceptors (Lipinski definition) is 3. The molecule has 7 heteroatoms. The Kier molecular flexibility index (Phi) is 4.55. The molecule has 0 aliphatic rings. The summed E-state index contributed by atoms with van der Waals surface area (Å²) in [7, 11) is 1.80. The minimum Gasteiger partial charge on any atom is -0.273 e. The fraction of sp³-hybridized carbons (Fsp3) is 0.267. The zero-order valence-corrected chi connectivity index (χ0v) is 12.6. The van der Waals surface area contributed by atoms with E-state index in [1.807, 2.05) is 13.8 Å². The molecule has 2 amide bonds. The number of amides is 2. The number of hydrazine groups is 1. The van der Waals surface area contributed by atoms with Crippen LogP contribution in [0.4, 0.5) is 4.39 Å². The summed E-state index contributed by atoms with van der Waals surface area (Å²) in [4.78, 5) is 23.7. The molecule has 6 nitrogen and oxygen atoms in total. The van der Waals surface area contributed by atoms with E-state index in [9.17, 15) is 14.0 Å². The number of carbonyl (C=O) groups excluding carboxylic acids is 2. The Labute approximate surface area is 127 Å². The molecule has 22 heavy (non-hydrogen) atoms. The molecule has 0 spiro atoms. The smallest absolute Gasteiger partial charge is 0.272 e. The molecular weight excluding hydrogens is 287 g/mol. The molecule has 0 unspecified atom stereocenters. The van der Waals surface area contributed by atoms with Gasteiger partial charge in [0.05, 0.1) is 17.7 Å². The first kappa shape index (κ1) is 15.7. The van der Waals surface area contributed by atoms with Crippen molar-refractivity contribution in [2.75, 3.05) is 0 Å². The van der Waals surface area contributed by atoms with Gasteiger partial charge in [0, 0.05) is 18.3 Å². The maximum absolute atomic E-state index is 13.4. The largest absolute Gasteiger partial charge is 0.273 e. The van der Waals surface area contributed by atoms with Crippen LogP contribution in [0.15, 0.2) is 24.3 Å². The predicted octanol–water partition coefficient (Wildman–Crippen LogP) is 1.18. The molecule has 0 aliphatic heterocycles. The fourth-order valence-electron chi connectivity index (χ4n) is 2.12. The standard InChI is InChI=1S/C15H17FN4O2/c1-9-12(10(2)20(3)19-9)8-14(21)17-18-15(22)11-6-4-5-7-13(11)16/h4-7H,8H2,1-3H3,(H,17,21)(H,18,22). The van der Waals surface area contributed by atoms with Gasteiger partial charge in [0.25, 0.3) is 5.91 Å². The van der Waals surface area contributed by atoms with Gasteiger partial charge in [0.1, 0.15) is 5.82 Å². The van der Waals surface area contributed by atoms with Crippen LogP contribution in [-0.2, 0) is 18.3 Å². The van der Waals surface area contributed by atoms with Gasteiger partial charge in [0.15, 0.2) is 0 Å². The Morgan fingerprint density at radius 2 is 1.91 bits per heavy atom. The van der Waals surface area contributed by atoms with E-state index in [0.717, 1.165) is 17.0 Å². The van der Waals surface area contributed by atoms with Crippen molar-refractivity contribution in [1.29, 1.82) is 0 Å². The van der Waals surface area contributed by atoms with Crippen LogP contribution in [0.5, 0.6) is 0 Å². The highest BCUT2D eigenvalue weighted by Crippen LogP contribution is 2.12. The van der Waals surface area contributed by atoms with E-state index in [2.05, 4.69) is 16.0 Å². The number of benzene rings is 1. The number of aromatic nitrogens is 2.